The molecule has 0 saturated carbocycles. The number of carbonyl (C=O) groups is 2. The Morgan fingerprint density at radius 1 is 0.971 bits per heavy atom. The molecule has 3 aromatic carbocycles. The van der Waals surface area contributed by atoms with Crippen LogP contribution in [0.25, 0.3) is 0 Å². The predicted octanol–water partition coefficient (Wildman–Crippen LogP) is 5.67. The lowest BCUT2D eigenvalue weighted by Crippen LogP contribution is -2.50. The van der Waals surface area contributed by atoms with Crippen molar-refractivity contribution < 1.29 is 14.3 Å². The molecule has 34 heavy (non-hydrogen) atoms. The van der Waals surface area contributed by atoms with E-state index in [4.69, 9.17) is 27.9 Å². The Labute approximate surface area is 210 Å². The summed E-state index contributed by atoms with van der Waals surface area (Å²) >= 11 is 12.3. The zero-order valence-electron chi connectivity index (χ0n) is 19.3. The van der Waals surface area contributed by atoms with Gasteiger partial charge in [0.15, 0.2) is 0 Å². The normalized spacial score (nSPS) is 11.5. The van der Waals surface area contributed by atoms with Crippen molar-refractivity contribution in [3.05, 3.63) is 99.5 Å². The fraction of sp³-hybridized carbons (Fsp3) is 0.259. The van der Waals surface area contributed by atoms with Gasteiger partial charge in [-0.3, -0.25) is 9.59 Å². The predicted molar refractivity (Wildman–Crippen MR) is 136 cm³/mol. The minimum absolute atomic E-state index is 0.101. The summed E-state index contributed by atoms with van der Waals surface area (Å²) < 4.78 is 5.23. The molecule has 0 saturated heterocycles. The first-order chi connectivity index (χ1) is 16.4. The van der Waals surface area contributed by atoms with E-state index in [-0.39, 0.29) is 24.8 Å². The summed E-state index contributed by atoms with van der Waals surface area (Å²) in [6.45, 7) is 2.34. The number of hydrogen-bond acceptors (Lipinski definition) is 3. The van der Waals surface area contributed by atoms with E-state index in [1.807, 2.05) is 54.6 Å². The molecule has 0 aromatic heterocycles. The van der Waals surface area contributed by atoms with Gasteiger partial charge in [-0.15, -0.1) is 0 Å². The summed E-state index contributed by atoms with van der Waals surface area (Å²) in [7, 11) is 1.61. The maximum Gasteiger partial charge on any atom is 0.243 e. The number of halogens is 2. The van der Waals surface area contributed by atoms with Crippen LogP contribution in [-0.2, 0) is 29.1 Å². The van der Waals surface area contributed by atoms with Crippen molar-refractivity contribution >= 4 is 35.0 Å². The van der Waals surface area contributed by atoms with Gasteiger partial charge in [0.1, 0.15) is 11.8 Å². The first-order valence-electron chi connectivity index (χ1n) is 11.1. The van der Waals surface area contributed by atoms with E-state index < -0.39 is 6.04 Å². The van der Waals surface area contributed by atoms with Crippen LogP contribution in [0.3, 0.4) is 0 Å². The molecule has 5 nitrogen and oxygen atoms in total. The lowest BCUT2D eigenvalue weighted by molar-refractivity contribution is -0.141. The van der Waals surface area contributed by atoms with Gasteiger partial charge in [-0.2, -0.15) is 0 Å². The van der Waals surface area contributed by atoms with Gasteiger partial charge in [0, 0.05) is 36.0 Å². The van der Waals surface area contributed by atoms with Crippen LogP contribution >= 0.6 is 23.2 Å². The molecule has 0 aliphatic rings. The van der Waals surface area contributed by atoms with Gasteiger partial charge in [0.2, 0.25) is 11.8 Å². The van der Waals surface area contributed by atoms with Gasteiger partial charge >= 0.3 is 0 Å². The monoisotopic (exact) mass is 498 g/mol. The molecule has 0 aliphatic carbocycles. The third-order valence-corrected chi connectivity index (χ3v) is 6.14. The Morgan fingerprint density at radius 3 is 2.29 bits per heavy atom. The smallest absolute Gasteiger partial charge is 0.243 e. The highest BCUT2D eigenvalue weighted by molar-refractivity contribution is 6.35. The highest BCUT2D eigenvalue weighted by Gasteiger charge is 2.29. The Kier molecular flexibility index (Phi) is 9.37. The lowest BCUT2D eigenvalue weighted by Gasteiger charge is -2.31. The summed E-state index contributed by atoms with van der Waals surface area (Å²) in [4.78, 5) is 28.1. The van der Waals surface area contributed by atoms with Crippen molar-refractivity contribution in [1.82, 2.24) is 10.2 Å². The maximum absolute atomic E-state index is 13.5. The summed E-state index contributed by atoms with van der Waals surface area (Å²) in [6, 6.07) is 21.6. The quantitative estimate of drug-likeness (QED) is 0.391. The van der Waals surface area contributed by atoms with E-state index >= 15 is 0 Å². The number of rotatable bonds is 10. The highest BCUT2D eigenvalue weighted by Crippen LogP contribution is 2.22. The van der Waals surface area contributed by atoms with Crippen molar-refractivity contribution in [3.8, 4) is 5.75 Å². The number of amides is 2. The third kappa shape index (κ3) is 6.99. The van der Waals surface area contributed by atoms with Crippen molar-refractivity contribution in [2.45, 2.75) is 38.9 Å². The molecule has 7 heteroatoms. The number of hydrogen-bond donors (Lipinski definition) is 1. The largest absolute Gasteiger partial charge is 0.497 e. The molecule has 1 N–H and O–H groups in total. The standard InChI is InChI=1S/C27H28Cl2N2O3/c1-3-26(32)31(18-20-9-13-23(34-2)14-10-20)25(15-19-7-5-4-6-8-19)27(33)30-17-21-11-12-22(28)16-24(21)29/h4-14,16,25H,3,15,17-18H2,1-2H3,(H,30,33)/t25-/m0/s1. The second-order valence-corrected chi connectivity index (χ2v) is 8.73. The molecule has 0 unspecified atom stereocenters. The molecule has 0 heterocycles. The number of ether oxygens (including phenoxy) is 1. The van der Waals surface area contributed by atoms with Crippen LogP contribution in [0.15, 0.2) is 72.8 Å². The first kappa shape index (κ1) is 25.6. The van der Waals surface area contributed by atoms with E-state index in [0.29, 0.717) is 23.0 Å². The molecule has 0 radical (unpaired) electrons. The number of benzene rings is 3. The zero-order valence-corrected chi connectivity index (χ0v) is 20.8. The lowest BCUT2D eigenvalue weighted by atomic mass is 10.0. The Hall–Kier alpha value is -3.02. The molecule has 1 atom stereocenters. The summed E-state index contributed by atoms with van der Waals surface area (Å²) in [5.74, 6) is 0.386. The number of methoxy groups -OCH3 is 1. The van der Waals surface area contributed by atoms with Crippen LogP contribution in [0.4, 0.5) is 0 Å². The van der Waals surface area contributed by atoms with Crippen molar-refractivity contribution in [2.24, 2.45) is 0 Å². The minimum atomic E-state index is -0.692. The van der Waals surface area contributed by atoms with Crippen LogP contribution in [0.2, 0.25) is 10.0 Å². The summed E-state index contributed by atoms with van der Waals surface area (Å²) in [6.07, 6.45) is 0.681. The van der Waals surface area contributed by atoms with Crippen molar-refractivity contribution in [3.63, 3.8) is 0 Å². The van der Waals surface area contributed by atoms with E-state index in [1.165, 1.54) is 0 Å². The van der Waals surface area contributed by atoms with Gasteiger partial charge in [-0.25, -0.2) is 0 Å². The maximum atomic E-state index is 13.5. The topological polar surface area (TPSA) is 58.6 Å². The molecule has 0 bridgehead atoms. The van der Waals surface area contributed by atoms with Crippen LogP contribution in [0, 0.1) is 0 Å². The van der Waals surface area contributed by atoms with Gasteiger partial charge in [-0.05, 0) is 41.0 Å². The minimum Gasteiger partial charge on any atom is -0.497 e. The average Bonchev–Trinajstić information content (AvgIpc) is 2.86. The molecule has 3 aromatic rings. The van der Waals surface area contributed by atoms with Crippen LogP contribution in [-0.4, -0.2) is 29.9 Å². The number of nitrogens with zero attached hydrogens (tertiary/aromatic N) is 1. The van der Waals surface area contributed by atoms with Crippen molar-refractivity contribution in [2.75, 3.05) is 7.11 Å². The van der Waals surface area contributed by atoms with Crippen molar-refractivity contribution in [1.29, 1.82) is 0 Å². The van der Waals surface area contributed by atoms with Crippen LogP contribution in [0.5, 0.6) is 5.75 Å². The van der Waals surface area contributed by atoms with Gasteiger partial charge < -0.3 is 15.0 Å². The molecule has 0 fully saturated rings. The molecule has 2 amide bonds. The van der Waals surface area contributed by atoms with E-state index in [0.717, 1.165) is 22.4 Å². The fourth-order valence-corrected chi connectivity index (χ4v) is 4.13. The summed E-state index contributed by atoms with van der Waals surface area (Å²) in [5.41, 5.74) is 2.63. The highest BCUT2D eigenvalue weighted by atomic mass is 35.5. The Bertz CT molecular complexity index is 1100. The van der Waals surface area contributed by atoms with Gasteiger partial charge in [-0.1, -0.05) is 78.7 Å². The van der Waals surface area contributed by atoms with Crippen LogP contribution < -0.4 is 10.1 Å². The molecule has 0 spiro atoms. The molecule has 3 rings (SSSR count). The van der Waals surface area contributed by atoms with E-state index in [1.54, 1.807) is 37.1 Å². The Balaban J connectivity index is 1.86. The van der Waals surface area contributed by atoms with Crippen LogP contribution in [0.1, 0.15) is 30.0 Å². The SMILES string of the molecule is CCC(=O)N(Cc1ccc(OC)cc1)[C@@H](Cc1ccccc1)C(=O)NCc1ccc(Cl)cc1Cl. The fourth-order valence-electron chi connectivity index (χ4n) is 3.65. The number of nitrogens with one attached hydrogen (secondary N) is 1. The molecule has 0 aliphatic heterocycles. The first-order valence-corrected chi connectivity index (χ1v) is 11.8. The second kappa shape index (κ2) is 12.4. The number of carbonyl (C=O) groups excluding carboxylic acids is 2. The summed E-state index contributed by atoms with van der Waals surface area (Å²) in [5, 5.41) is 3.97. The zero-order chi connectivity index (χ0) is 24.5. The molecule has 178 valence electrons. The van der Waals surface area contributed by atoms with E-state index in [9.17, 15) is 9.59 Å². The third-order valence-electron chi connectivity index (χ3n) is 5.55. The average molecular weight is 499 g/mol. The van der Waals surface area contributed by atoms with E-state index in [2.05, 4.69) is 5.32 Å². The molecular formula is C27H28Cl2N2O3. The molecular weight excluding hydrogens is 471 g/mol. The van der Waals surface area contributed by atoms with Gasteiger partial charge in [0.25, 0.3) is 0 Å². The Morgan fingerprint density at radius 2 is 1.68 bits per heavy atom. The second-order valence-electron chi connectivity index (χ2n) is 7.88. The van der Waals surface area contributed by atoms with Gasteiger partial charge in [0.05, 0.1) is 7.11 Å².